The topological polar surface area (TPSA) is 102 Å². The Morgan fingerprint density at radius 2 is 1.93 bits per heavy atom. The van der Waals surface area contributed by atoms with E-state index >= 15 is 0 Å². The minimum Gasteiger partial charge on any atom is -0.408 e. The molecule has 2 fully saturated rings. The quantitative estimate of drug-likeness (QED) is 0.733. The van der Waals surface area contributed by atoms with Gasteiger partial charge in [-0.15, -0.1) is 0 Å². The molecule has 1 atom stereocenters. The van der Waals surface area contributed by atoms with Gasteiger partial charge in [0.15, 0.2) is 5.58 Å². The number of sulfonamides is 1. The van der Waals surface area contributed by atoms with Gasteiger partial charge in [0.1, 0.15) is 6.04 Å². The summed E-state index contributed by atoms with van der Waals surface area (Å²) >= 11 is 0. The van der Waals surface area contributed by atoms with Crippen molar-refractivity contribution < 1.29 is 22.4 Å². The largest absolute Gasteiger partial charge is 0.419 e. The maximum atomic E-state index is 13.2. The average molecular weight is 395 g/mol. The molecule has 0 bridgehead atoms. The molecule has 2 saturated heterocycles. The van der Waals surface area contributed by atoms with Gasteiger partial charge < -0.3 is 14.1 Å². The van der Waals surface area contributed by atoms with Crippen molar-refractivity contribution in [1.82, 2.24) is 13.8 Å². The molecule has 1 aromatic carbocycles. The van der Waals surface area contributed by atoms with Crippen LogP contribution in [0.1, 0.15) is 12.8 Å². The van der Waals surface area contributed by atoms with Gasteiger partial charge in [-0.05, 0) is 25.0 Å². The van der Waals surface area contributed by atoms with Crippen molar-refractivity contribution in [3.8, 4) is 0 Å². The highest BCUT2D eigenvalue weighted by Gasteiger charge is 2.41. The molecule has 1 amide bonds. The van der Waals surface area contributed by atoms with E-state index in [1.807, 2.05) is 0 Å². The second kappa shape index (κ2) is 6.77. The summed E-state index contributed by atoms with van der Waals surface area (Å²) in [4.78, 5) is 26.2. The van der Waals surface area contributed by atoms with Crippen molar-refractivity contribution in [3.63, 3.8) is 0 Å². The normalized spacial score (nSPS) is 21.8. The molecule has 1 aromatic heterocycles. The summed E-state index contributed by atoms with van der Waals surface area (Å²) in [5.74, 6) is -0.729. The number of hydrogen-bond donors (Lipinski definition) is 0. The van der Waals surface area contributed by atoms with Crippen molar-refractivity contribution in [3.05, 3.63) is 28.7 Å². The Labute approximate surface area is 156 Å². The second-order valence-corrected chi connectivity index (χ2v) is 8.66. The van der Waals surface area contributed by atoms with Gasteiger partial charge >= 0.3 is 5.76 Å². The number of aryl methyl sites for hydroxylation is 1. The maximum Gasteiger partial charge on any atom is 0.419 e. The first-order chi connectivity index (χ1) is 12.9. The van der Waals surface area contributed by atoms with Crippen molar-refractivity contribution in [1.29, 1.82) is 0 Å². The molecular weight excluding hydrogens is 374 g/mol. The number of rotatable bonds is 3. The van der Waals surface area contributed by atoms with E-state index < -0.39 is 21.8 Å². The average Bonchev–Trinajstić information content (AvgIpc) is 3.27. The highest BCUT2D eigenvalue weighted by Crippen LogP contribution is 2.29. The molecule has 4 rings (SSSR count). The molecule has 0 radical (unpaired) electrons. The zero-order chi connectivity index (χ0) is 19.2. The van der Waals surface area contributed by atoms with Crippen LogP contribution in [0, 0.1) is 0 Å². The van der Waals surface area contributed by atoms with Crippen LogP contribution < -0.4 is 5.76 Å². The molecule has 0 saturated carbocycles. The molecule has 2 aromatic rings. The number of carbonyl (C=O) groups is 1. The summed E-state index contributed by atoms with van der Waals surface area (Å²) in [5, 5.41) is 0. The molecule has 1 unspecified atom stereocenters. The molecule has 2 aliphatic heterocycles. The van der Waals surface area contributed by atoms with Crippen molar-refractivity contribution in [2.45, 2.75) is 23.8 Å². The van der Waals surface area contributed by atoms with Gasteiger partial charge in [-0.2, -0.15) is 4.31 Å². The number of ether oxygens (including phenoxy) is 1. The zero-order valence-corrected chi connectivity index (χ0v) is 15.8. The molecule has 10 heteroatoms. The molecule has 9 nitrogen and oxygen atoms in total. The maximum absolute atomic E-state index is 13.2. The first-order valence-electron chi connectivity index (χ1n) is 8.87. The lowest BCUT2D eigenvalue weighted by molar-refractivity contribution is -0.138. The van der Waals surface area contributed by atoms with Gasteiger partial charge in [0.2, 0.25) is 15.9 Å². The minimum atomic E-state index is -3.88. The van der Waals surface area contributed by atoms with Crippen LogP contribution >= 0.6 is 0 Å². The Hall–Kier alpha value is -2.17. The number of fused-ring (bicyclic) bond motifs is 1. The molecule has 146 valence electrons. The number of amides is 1. The van der Waals surface area contributed by atoms with E-state index in [1.165, 1.54) is 21.0 Å². The number of hydrogen-bond acceptors (Lipinski definition) is 6. The summed E-state index contributed by atoms with van der Waals surface area (Å²) < 4.78 is 39.3. The van der Waals surface area contributed by atoms with Crippen LogP contribution in [0.3, 0.4) is 0 Å². The molecule has 0 spiro atoms. The highest BCUT2D eigenvalue weighted by molar-refractivity contribution is 7.89. The van der Waals surface area contributed by atoms with Gasteiger partial charge in [0.05, 0.1) is 23.6 Å². The Morgan fingerprint density at radius 3 is 2.67 bits per heavy atom. The number of morpholine rings is 1. The molecule has 3 heterocycles. The van der Waals surface area contributed by atoms with Crippen molar-refractivity contribution in [2.24, 2.45) is 7.05 Å². The number of nitrogens with zero attached hydrogens (tertiary/aromatic N) is 3. The van der Waals surface area contributed by atoms with Gasteiger partial charge in [0, 0.05) is 32.7 Å². The SMILES string of the molecule is Cn1c(=O)oc2cc(S(=O)(=O)N3CCCC3C(=O)N3CCOCC3)ccc21. The molecular formula is C17H21N3O6S. The highest BCUT2D eigenvalue weighted by atomic mass is 32.2. The van der Waals surface area contributed by atoms with E-state index in [2.05, 4.69) is 0 Å². The number of benzene rings is 1. The summed E-state index contributed by atoms with van der Waals surface area (Å²) in [6.45, 7) is 2.18. The molecule has 2 aliphatic rings. The Morgan fingerprint density at radius 1 is 1.19 bits per heavy atom. The number of oxazole rings is 1. The fourth-order valence-corrected chi connectivity index (χ4v) is 5.35. The zero-order valence-electron chi connectivity index (χ0n) is 15.0. The van der Waals surface area contributed by atoms with Crippen molar-refractivity contribution in [2.75, 3.05) is 32.8 Å². The Bertz CT molecular complexity index is 1030. The number of aromatic nitrogens is 1. The summed E-state index contributed by atoms with van der Waals surface area (Å²) in [6.07, 6.45) is 1.13. The van der Waals surface area contributed by atoms with E-state index in [9.17, 15) is 18.0 Å². The van der Waals surface area contributed by atoms with Crippen LogP contribution in [0.4, 0.5) is 0 Å². The third-order valence-electron chi connectivity index (χ3n) is 5.18. The fourth-order valence-electron chi connectivity index (χ4n) is 3.68. The van der Waals surface area contributed by atoms with Gasteiger partial charge in [-0.25, -0.2) is 13.2 Å². The third kappa shape index (κ3) is 3.07. The van der Waals surface area contributed by atoms with Crippen LogP contribution in [0.15, 0.2) is 32.3 Å². The number of carbonyl (C=O) groups excluding carboxylic acids is 1. The van der Waals surface area contributed by atoms with E-state index in [0.717, 1.165) is 0 Å². The molecule has 27 heavy (non-hydrogen) atoms. The van der Waals surface area contributed by atoms with Gasteiger partial charge in [-0.1, -0.05) is 0 Å². The predicted molar refractivity (Wildman–Crippen MR) is 95.8 cm³/mol. The summed E-state index contributed by atoms with van der Waals surface area (Å²) in [5.41, 5.74) is 0.722. The van der Waals surface area contributed by atoms with Crippen LogP contribution in [-0.2, 0) is 26.6 Å². The molecule has 0 N–H and O–H groups in total. The second-order valence-electron chi connectivity index (χ2n) is 6.77. The van der Waals surface area contributed by atoms with Crippen LogP contribution in [0.25, 0.3) is 11.1 Å². The smallest absolute Gasteiger partial charge is 0.408 e. The first-order valence-corrected chi connectivity index (χ1v) is 10.3. The predicted octanol–water partition coefficient (Wildman–Crippen LogP) is 0.143. The third-order valence-corrected chi connectivity index (χ3v) is 7.09. The standard InChI is InChI=1S/C17H21N3O6S/c1-18-13-5-4-12(11-15(13)26-17(18)22)27(23,24)20-6-2-3-14(20)16(21)19-7-9-25-10-8-19/h4-5,11,14H,2-3,6-10H2,1H3. The Balaban J connectivity index is 1.66. The molecule has 0 aliphatic carbocycles. The summed E-state index contributed by atoms with van der Waals surface area (Å²) in [6, 6.07) is 3.63. The van der Waals surface area contributed by atoms with Crippen molar-refractivity contribution >= 4 is 27.0 Å². The lowest BCUT2D eigenvalue weighted by Gasteiger charge is -2.32. The Kier molecular flexibility index (Phi) is 4.57. The van der Waals surface area contributed by atoms with E-state index in [4.69, 9.17) is 9.15 Å². The fraction of sp³-hybridized carbons (Fsp3) is 0.529. The van der Waals surface area contributed by atoms with Crippen LogP contribution in [0.5, 0.6) is 0 Å². The lowest BCUT2D eigenvalue weighted by Crippen LogP contribution is -2.50. The summed E-state index contributed by atoms with van der Waals surface area (Å²) in [7, 11) is -2.33. The lowest BCUT2D eigenvalue weighted by atomic mass is 10.2. The van der Waals surface area contributed by atoms with Crippen LogP contribution in [-0.4, -0.2) is 67.0 Å². The van der Waals surface area contributed by atoms with E-state index in [-0.39, 0.29) is 16.4 Å². The monoisotopic (exact) mass is 395 g/mol. The van der Waals surface area contributed by atoms with E-state index in [0.29, 0.717) is 51.2 Å². The first kappa shape index (κ1) is 18.2. The van der Waals surface area contributed by atoms with E-state index in [1.54, 1.807) is 18.0 Å². The van der Waals surface area contributed by atoms with Crippen LogP contribution in [0.2, 0.25) is 0 Å². The van der Waals surface area contributed by atoms with Gasteiger partial charge in [0.25, 0.3) is 0 Å². The van der Waals surface area contributed by atoms with Gasteiger partial charge in [-0.3, -0.25) is 9.36 Å². The minimum absolute atomic E-state index is 0.0195.